The lowest BCUT2D eigenvalue weighted by molar-refractivity contribution is -0.142. The van der Waals surface area contributed by atoms with Crippen molar-refractivity contribution in [2.45, 2.75) is 26.8 Å². The number of nitrogens with zero attached hydrogens (tertiary/aromatic N) is 1. The number of hydrogen-bond acceptors (Lipinski definition) is 4. The molecule has 17 heavy (non-hydrogen) atoms. The zero-order valence-electron chi connectivity index (χ0n) is 10.4. The van der Waals surface area contributed by atoms with Crippen LogP contribution in [-0.2, 0) is 9.53 Å². The highest BCUT2D eigenvalue weighted by Gasteiger charge is 2.18. The van der Waals surface area contributed by atoms with Crippen LogP contribution in [0.15, 0.2) is 12.1 Å². The van der Waals surface area contributed by atoms with Gasteiger partial charge in [-0.05, 0) is 32.9 Å². The molecule has 1 unspecified atom stereocenters. The number of esters is 1. The van der Waals surface area contributed by atoms with Gasteiger partial charge in [-0.1, -0.05) is 0 Å². The molecule has 0 saturated carbocycles. The Hall–Kier alpha value is -1.91. The molecule has 1 aromatic heterocycles. The van der Waals surface area contributed by atoms with Crippen molar-refractivity contribution in [2.75, 3.05) is 7.11 Å². The summed E-state index contributed by atoms with van der Waals surface area (Å²) in [6.07, 6.45) is 0. The molecule has 0 aliphatic carbocycles. The van der Waals surface area contributed by atoms with E-state index in [1.807, 2.05) is 6.92 Å². The van der Waals surface area contributed by atoms with Gasteiger partial charge < -0.3 is 10.1 Å². The molecule has 0 saturated heterocycles. The Labute approximate surface area is 100 Å². The fourth-order valence-corrected chi connectivity index (χ4v) is 1.44. The van der Waals surface area contributed by atoms with Crippen molar-refractivity contribution in [3.8, 4) is 0 Å². The number of aryl methyl sites for hydroxylation is 2. The van der Waals surface area contributed by atoms with Crippen molar-refractivity contribution in [2.24, 2.45) is 0 Å². The third-order valence-electron chi connectivity index (χ3n) is 2.37. The van der Waals surface area contributed by atoms with Crippen LogP contribution in [0.1, 0.15) is 28.7 Å². The van der Waals surface area contributed by atoms with E-state index in [0.29, 0.717) is 11.3 Å². The van der Waals surface area contributed by atoms with Crippen LogP contribution in [0.25, 0.3) is 0 Å². The van der Waals surface area contributed by atoms with E-state index in [1.165, 1.54) is 7.11 Å². The molecular formula is C12H16N2O3. The molecule has 1 aromatic rings. The molecule has 1 N–H and O–H groups in total. The topological polar surface area (TPSA) is 68.3 Å². The molecule has 0 fully saturated rings. The average molecular weight is 236 g/mol. The van der Waals surface area contributed by atoms with Crippen LogP contribution >= 0.6 is 0 Å². The van der Waals surface area contributed by atoms with E-state index in [0.717, 1.165) is 5.69 Å². The van der Waals surface area contributed by atoms with Gasteiger partial charge in [-0.3, -0.25) is 9.78 Å². The van der Waals surface area contributed by atoms with E-state index in [-0.39, 0.29) is 5.91 Å². The second-order valence-corrected chi connectivity index (χ2v) is 3.80. The predicted octanol–water partition coefficient (Wildman–Crippen LogP) is 0.990. The van der Waals surface area contributed by atoms with Crippen LogP contribution in [0.5, 0.6) is 0 Å². The molecule has 0 spiro atoms. The second-order valence-electron chi connectivity index (χ2n) is 3.80. The Morgan fingerprint density at radius 2 is 2.00 bits per heavy atom. The summed E-state index contributed by atoms with van der Waals surface area (Å²) >= 11 is 0. The highest BCUT2D eigenvalue weighted by atomic mass is 16.5. The average Bonchev–Trinajstić information content (AvgIpc) is 2.27. The first-order valence-electron chi connectivity index (χ1n) is 5.28. The number of ether oxygens (including phenoxy) is 1. The minimum atomic E-state index is -0.673. The molecular weight excluding hydrogens is 220 g/mol. The van der Waals surface area contributed by atoms with Crippen LogP contribution < -0.4 is 5.32 Å². The van der Waals surface area contributed by atoms with Crippen molar-refractivity contribution >= 4 is 11.9 Å². The summed E-state index contributed by atoms with van der Waals surface area (Å²) in [5, 5.41) is 2.55. The highest BCUT2D eigenvalue weighted by molar-refractivity contribution is 5.97. The number of aromatic nitrogens is 1. The summed E-state index contributed by atoms with van der Waals surface area (Å²) in [5.41, 5.74) is 1.95. The van der Waals surface area contributed by atoms with Gasteiger partial charge in [0, 0.05) is 5.69 Å². The standard InChI is InChI=1S/C12H16N2O3/c1-7-5-6-10(8(2)13-7)11(15)14-9(3)12(16)17-4/h5-6,9H,1-4H3,(H,14,15). The molecule has 0 bridgehead atoms. The largest absolute Gasteiger partial charge is 0.467 e. The van der Waals surface area contributed by atoms with Crippen molar-refractivity contribution in [3.05, 3.63) is 29.1 Å². The summed E-state index contributed by atoms with van der Waals surface area (Å²) in [5.74, 6) is -0.802. The Morgan fingerprint density at radius 3 is 2.53 bits per heavy atom. The van der Waals surface area contributed by atoms with Gasteiger partial charge in [-0.2, -0.15) is 0 Å². The van der Waals surface area contributed by atoms with E-state index in [1.54, 1.807) is 26.0 Å². The van der Waals surface area contributed by atoms with E-state index >= 15 is 0 Å². The summed E-state index contributed by atoms with van der Waals surface area (Å²) in [6, 6.07) is 2.77. The van der Waals surface area contributed by atoms with Crippen molar-refractivity contribution in [1.29, 1.82) is 0 Å². The number of hydrogen-bond donors (Lipinski definition) is 1. The Morgan fingerprint density at radius 1 is 1.35 bits per heavy atom. The maximum absolute atomic E-state index is 11.8. The number of pyridine rings is 1. The zero-order valence-corrected chi connectivity index (χ0v) is 10.4. The van der Waals surface area contributed by atoms with Crippen molar-refractivity contribution < 1.29 is 14.3 Å². The van der Waals surface area contributed by atoms with Crippen molar-refractivity contribution in [1.82, 2.24) is 10.3 Å². The van der Waals surface area contributed by atoms with Crippen LogP contribution in [0.3, 0.4) is 0 Å². The molecule has 0 aliphatic rings. The Bertz CT molecular complexity index is 443. The van der Waals surface area contributed by atoms with E-state index in [9.17, 15) is 9.59 Å². The molecule has 1 atom stereocenters. The fourth-order valence-electron chi connectivity index (χ4n) is 1.44. The highest BCUT2D eigenvalue weighted by Crippen LogP contribution is 2.06. The van der Waals surface area contributed by atoms with Gasteiger partial charge in [0.15, 0.2) is 0 Å². The first kappa shape index (κ1) is 13.2. The maximum Gasteiger partial charge on any atom is 0.328 e. The summed E-state index contributed by atoms with van der Waals surface area (Å²) in [7, 11) is 1.28. The summed E-state index contributed by atoms with van der Waals surface area (Å²) < 4.78 is 4.53. The summed E-state index contributed by atoms with van der Waals surface area (Å²) in [4.78, 5) is 27.2. The van der Waals surface area contributed by atoms with Gasteiger partial charge in [0.05, 0.1) is 18.4 Å². The number of carbonyl (C=O) groups is 2. The predicted molar refractivity (Wildman–Crippen MR) is 62.7 cm³/mol. The fraction of sp³-hybridized carbons (Fsp3) is 0.417. The van der Waals surface area contributed by atoms with Gasteiger partial charge >= 0.3 is 5.97 Å². The van der Waals surface area contributed by atoms with Crippen molar-refractivity contribution in [3.63, 3.8) is 0 Å². The number of methoxy groups -OCH3 is 1. The molecule has 5 heteroatoms. The van der Waals surface area contributed by atoms with Gasteiger partial charge in [-0.25, -0.2) is 4.79 Å². The maximum atomic E-state index is 11.8. The van der Waals surface area contributed by atoms with Crippen LogP contribution in [0.4, 0.5) is 0 Å². The van der Waals surface area contributed by atoms with Crippen LogP contribution in [-0.4, -0.2) is 30.0 Å². The lowest BCUT2D eigenvalue weighted by Crippen LogP contribution is -2.39. The van der Waals surface area contributed by atoms with Crippen LogP contribution in [0.2, 0.25) is 0 Å². The van der Waals surface area contributed by atoms with Crippen LogP contribution in [0, 0.1) is 13.8 Å². The van der Waals surface area contributed by atoms with Gasteiger partial charge in [0.2, 0.25) is 0 Å². The second kappa shape index (κ2) is 5.43. The molecule has 1 amide bonds. The molecule has 0 aliphatic heterocycles. The van der Waals surface area contributed by atoms with E-state index in [4.69, 9.17) is 0 Å². The lowest BCUT2D eigenvalue weighted by Gasteiger charge is -2.12. The molecule has 1 heterocycles. The molecule has 0 aromatic carbocycles. The SMILES string of the molecule is COC(=O)C(C)NC(=O)c1ccc(C)nc1C. The first-order chi connectivity index (χ1) is 7.95. The minimum absolute atomic E-state index is 0.326. The molecule has 92 valence electrons. The van der Waals surface area contributed by atoms with Gasteiger partial charge in [-0.15, -0.1) is 0 Å². The third kappa shape index (κ3) is 3.27. The Balaban J connectivity index is 2.80. The van der Waals surface area contributed by atoms with Gasteiger partial charge in [0.25, 0.3) is 5.91 Å². The van der Waals surface area contributed by atoms with Gasteiger partial charge in [0.1, 0.15) is 6.04 Å². The third-order valence-corrected chi connectivity index (χ3v) is 2.37. The molecule has 5 nitrogen and oxygen atoms in total. The minimum Gasteiger partial charge on any atom is -0.467 e. The molecule has 0 radical (unpaired) electrons. The lowest BCUT2D eigenvalue weighted by atomic mass is 10.1. The quantitative estimate of drug-likeness (QED) is 0.795. The molecule has 1 rings (SSSR count). The van der Waals surface area contributed by atoms with E-state index in [2.05, 4.69) is 15.0 Å². The Kier molecular flexibility index (Phi) is 4.20. The summed E-state index contributed by atoms with van der Waals surface area (Å²) in [6.45, 7) is 5.18. The number of carbonyl (C=O) groups excluding carboxylic acids is 2. The monoisotopic (exact) mass is 236 g/mol. The zero-order chi connectivity index (χ0) is 13.0. The normalized spacial score (nSPS) is 11.8. The van der Waals surface area contributed by atoms with E-state index < -0.39 is 12.0 Å². The number of amides is 1. The first-order valence-corrected chi connectivity index (χ1v) is 5.28. The number of rotatable bonds is 3. The smallest absolute Gasteiger partial charge is 0.328 e. The number of nitrogens with one attached hydrogen (secondary N) is 1.